The van der Waals surface area contributed by atoms with E-state index in [9.17, 15) is 0 Å². The zero-order valence-corrected chi connectivity index (χ0v) is 14.8. The second-order valence-electron chi connectivity index (χ2n) is 6.76. The molecule has 0 heterocycles. The molecule has 1 heteroatoms. The van der Waals surface area contributed by atoms with Crippen molar-refractivity contribution in [3.63, 3.8) is 0 Å². The third kappa shape index (κ3) is 9.22. The quantitative estimate of drug-likeness (QED) is 0.342. The van der Waals surface area contributed by atoms with Crippen molar-refractivity contribution in [3.8, 4) is 0 Å². The van der Waals surface area contributed by atoms with Crippen LogP contribution in [0.1, 0.15) is 104 Å². The molecule has 0 aliphatic heterocycles. The van der Waals surface area contributed by atoms with Gasteiger partial charge in [0.05, 0.1) is 0 Å². The second kappa shape index (κ2) is 13.2. The number of nitrogens with zero attached hydrogens (tertiary/aromatic N) is 1. The second-order valence-corrected chi connectivity index (χ2v) is 6.76. The first kappa shape index (κ1) is 18.6. The molecular weight excluding hydrogens is 254 g/mol. The minimum Gasteiger partial charge on any atom is -0.375 e. The molecule has 1 aliphatic rings. The fourth-order valence-corrected chi connectivity index (χ4v) is 3.32. The van der Waals surface area contributed by atoms with E-state index in [0.717, 1.165) is 0 Å². The van der Waals surface area contributed by atoms with E-state index in [4.69, 9.17) is 0 Å². The number of hydrogen-bond acceptors (Lipinski definition) is 1. The van der Waals surface area contributed by atoms with Crippen LogP contribution in [0.15, 0.2) is 11.8 Å². The van der Waals surface area contributed by atoms with E-state index >= 15 is 0 Å². The van der Waals surface area contributed by atoms with E-state index in [2.05, 4.69) is 24.8 Å². The summed E-state index contributed by atoms with van der Waals surface area (Å²) in [5.41, 5.74) is 1.67. The molecule has 0 spiro atoms. The van der Waals surface area contributed by atoms with Gasteiger partial charge in [-0.15, -0.1) is 0 Å². The molecule has 1 nitrogen and oxygen atoms in total. The van der Waals surface area contributed by atoms with Gasteiger partial charge in [0.25, 0.3) is 0 Å². The maximum absolute atomic E-state index is 2.73. The van der Waals surface area contributed by atoms with Crippen LogP contribution in [0, 0.1) is 0 Å². The van der Waals surface area contributed by atoms with Crippen LogP contribution in [0.25, 0.3) is 0 Å². The predicted molar refractivity (Wildman–Crippen MR) is 95.6 cm³/mol. The Balaban J connectivity index is 2.26. The van der Waals surface area contributed by atoms with Gasteiger partial charge in [-0.05, 0) is 38.5 Å². The van der Waals surface area contributed by atoms with Crippen molar-refractivity contribution in [2.75, 3.05) is 13.1 Å². The molecule has 21 heavy (non-hydrogen) atoms. The standard InChI is InChI=1S/C20H39N/c1-3-5-7-9-14-18-21(19-15-10-8-6-4-2)20-16-12-11-13-17-20/h16H,3-15,17-19H2,1-2H3. The van der Waals surface area contributed by atoms with E-state index in [1.165, 1.54) is 103 Å². The fourth-order valence-electron chi connectivity index (χ4n) is 3.32. The van der Waals surface area contributed by atoms with Crippen LogP contribution in [0.4, 0.5) is 0 Å². The summed E-state index contributed by atoms with van der Waals surface area (Å²) in [5, 5.41) is 0. The van der Waals surface area contributed by atoms with Gasteiger partial charge >= 0.3 is 0 Å². The van der Waals surface area contributed by atoms with E-state index < -0.39 is 0 Å². The van der Waals surface area contributed by atoms with Crippen molar-refractivity contribution >= 4 is 0 Å². The van der Waals surface area contributed by atoms with Gasteiger partial charge in [-0.1, -0.05) is 71.3 Å². The molecule has 0 fully saturated rings. The van der Waals surface area contributed by atoms with Gasteiger partial charge in [-0.25, -0.2) is 0 Å². The van der Waals surface area contributed by atoms with E-state index in [1.807, 2.05) is 0 Å². The smallest absolute Gasteiger partial charge is 0.0174 e. The van der Waals surface area contributed by atoms with Crippen LogP contribution in [0.2, 0.25) is 0 Å². The lowest BCUT2D eigenvalue weighted by molar-refractivity contribution is 0.305. The Morgan fingerprint density at radius 3 is 1.81 bits per heavy atom. The number of rotatable bonds is 13. The minimum atomic E-state index is 1.31. The highest BCUT2D eigenvalue weighted by atomic mass is 15.1. The molecule has 0 unspecified atom stereocenters. The topological polar surface area (TPSA) is 3.24 Å². The van der Waals surface area contributed by atoms with Crippen molar-refractivity contribution in [2.24, 2.45) is 0 Å². The molecule has 1 aliphatic carbocycles. The van der Waals surface area contributed by atoms with Gasteiger partial charge < -0.3 is 4.90 Å². The molecule has 0 radical (unpaired) electrons. The Morgan fingerprint density at radius 2 is 1.33 bits per heavy atom. The van der Waals surface area contributed by atoms with Crippen molar-refractivity contribution in [1.82, 2.24) is 4.90 Å². The Bertz CT molecular complexity index is 243. The predicted octanol–water partition coefficient (Wildman–Crippen LogP) is 6.69. The molecule has 0 N–H and O–H groups in total. The van der Waals surface area contributed by atoms with Crippen molar-refractivity contribution in [2.45, 2.75) is 104 Å². The molecule has 0 aromatic carbocycles. The summed E-state index contributed by atoms with van der Waals surface area (Å²) < 4.78 is 0. The molecule has 124 valence electrons. The first-order valence-electron chi connectivity index (χ1n) is 9.82. The van der Waals surface area contributed by atoms with Gasteiger partial charge in [-0.3, -0.25) is 0 Å². The van der Waals surface area contributed by atoms with Crippen molar-refractivity contribution in [3.05, 3.63) is 11.8 Å². The normalized spacial score (nSPS) is 15.0. The molecular formula is C20H39N. The van der Waals surface area contributed by atoms with Crippen LogP contribution >= 0.6 is 0 Å². The van der Waals surface area contributed by atoms with Gasteiger partial charge in [0.15, 0.2) is 0 Å². The van der Waals surface area contributed by atoms with Crippen LogP contribution < -0.4 is 0 Å². The summed E-state index contributed by atoms with van der Waals surface area (Å²) >= 11 is 0. The summed E-state index contributed by atoms with van der Waals surface area (Å²) in [6.07, 6.45) is 22.0. The fraction of sp³-hybridized carbons (Fsp3) is 0.900. The van der Waals surface area contributed by atoms with Crippen LogP contribution in [0.5, 0.6) is 0 Å². The largest absolute Gasteiger partial charge is 0.375 e. The number of hydrogen-bond donors (Lipinski definition) is 0. The van der Waals surface area contributed by atoms with Crippen LogP contribution in [0.3, 0.4) is 0 Å². The zero-order valence-electron chi connectivity index (χ0n) is 14.8. The lowest BCUT2D eigenvalue weighted by Crippen LogP contribution is -2.26. The van der Waals surface area contributed by atoms with Gasteiger partial charge in [0.1, 0.15) is 0 Å². The number of unbranched alkanes of at least 4 members (excludes halogenated alkanes) is 8. The molecule has 1 rings (SSSR count). The third-order valence-electron chi connectivity index (χ3n) is 4.74. The SMILES string of the molecule is CCCCCCCN(CCCCCCC)C1=CCCCC1. The van der Waals surface area contributed by atoms with Crippen molar-refractivity contribution < 1.29 is 0 Å². The molecule has 0 atom stereocenters. The third-order valence-corrected chi connectivity index (χ3v) is 4.74. The Morgan fingerprint density at radius 1 is 0.762 bits per heavy atom. The summed E-state index contributed by atoms with van der Waals surface area (Å²) in [7, 11) is 0. The summed E-state index contributed by atoms with van der Waals surface area (Å²) in [6.45, 7) is 7.22. The molecule has 0 aromatic rings. The summed E-state index contributed by atoms with van der Waals surface area (Å²) in [4.78, 5) is 2.73. The number of allylic oxidation sites excluding steroid dienone is 2. The Kier molecular flexibility index (Phi) is 11.7. The average molecular weight is 294 g/mol. The first-order valence-corrected chi connectivity index (χ1v) is 9.82. The highest BCUT2D eigenvalue weighted by Gasteiger charge is 2.11. The highest BCUT2D eigenvalue weighted by molar-refractivity contribution is 5.04. The van der Waals surface area contributed by atoms with Crippen molar-refractivity contribution in [1.29, 1.82) is 0 Å². The van der Waals surface area contributed by atoms with E-state index in [-0.39, 0.29) is 0 Å². The maximum atomic E-state index is 2.73. The summed E-state index contributed by atoms with van der Waals surface area (Å²) in [6, 6.07) is 0. The minimum absolute atomic E-state index is 1.31. The first-order chi connectivity index (χ1) is 10.4. The molecule has 0 saturated carbocycles. The lowest BCUT2D eigenvalue weighted by Gasteiger charge is -2.30. The molecule has 0 bridgehead atoms. The molecule has 0 aromatic heterocycles. The zero-order chi connectivity index (χ0) is 15.2. The maximum Gasteiger partial charge on any atom is 0.0174 e. The monoisotopic (exact) mass is 293 g/mol. The van der Waals surface area contributed by atoms with Crippen LogP contribution in [-0.4, -0.2) is 18.0 Å². The lowest BCUT2D eigenvalue weighted by atomic mass is 10.0. The van der Waals surface area contributed by atoms with Gasteiger partial charge in [0.2, 0.25) is 0 Å². The van der Waals surface area contributed by atoms with Gasteiger partial charge in [0, 0.05) is 18.8 Å². The summed E-state index contributed by atoms with van der Waals surface area (Å²) in [5.74, 6) is 0. The Labute approximate surface area is 134 Å². The van der Waals surface area contributed by atoms with E-state index in [0.29, 0.717) is 0 Å². The Hall–Kier alpha value is -0.460. The van der Waals surface area contributed by atoms with Crippen LogP contribution in [-0.2, 0) is 0 Å². The van der Waals surface area contributed by atoms with E-state index in [1.54, 1.807) is 5.70 Å². The molecule has 0 saturated heterocycles. The van der Waals surface area contributed by atoms with Gasteiger partial charge in [-0.2, -0.15) is 0 Å². The highest BCUT2D eigenvalue weighted by Crippen LogP contribution is 2.22. The molecule has 0 amide bonds. The average Bonchev–Trinajstić information content (AvgIpc) is 2.53.